The molecular weight excluding hydrogens is 293 g/mol. The third kappa shape index (κ3) is 3.77. The summed E-state index contributed by atoms with van der Waals surface area (Å²) in [6.07, 6.45) is -0.582. The molecule has 1 rings (SSSR count). The predicted octanol–water partition coefficient (Wildman–Crippen LogP) is 2.66. The van der Waals surface area contributed by atoms with Gasteiger partial charge < -0.3 is 10.4 Å². The fraction of sp³-hybridized carbons (Fsp3) is 0.364. The molecule has 16 heavy (non-hydrogen) atoms. The van der Waals surface area contributed by atoms with Gasteiger partial charge >= 0.3 is 0 Å². The van der Waals surface area contributed by atoms with Crippen LogP contribution in [-0.2, 0) is 0 Å². The van der Waals surface area contributed by atoms with E-state index in [0.29, 0.717) is 12.1 Å². The highest BCUT2D eigenvalue weighted by Crippen LogP contribution is 2.23. The predicted molar refractivity (Wildman–Crippen MR) is 69.4 cm³/mol. The number of carbonyl (C=O) groups is 1. The lowest BCUT2D eigenvalue weighted by molar-refractivity contribution is 0.101. The second-order valence-electron chi connectivity index (χ2n) is 3.44. The summed E-state index contributed by atoms with van der Waals surface area (Å²) in [4.78, 5) is 11.1. The molecule has 0 radical (unpaired) electrons. The van der Waals surface area contributed by atoms with Gasteiger partial charge in [-0.05, 0) is 41.1 Å². The molecule has 3 nitrogen and oxygen atoms in total. The van der Waals surface area contributed by atoms with E-state index in [1.807, 2.05) is 0 Å². The number of benzene rings is 1. The number of aliphatic hydroxyl groups excluding tert-OH is 1. The highest BCUT2D eigenvalue weighted by atomic mass is 79.9. The number of rotatable bonds is 5. The third-order valence-electron chi connectivity index (χ3n) is 2.08. The van der Waals surface area contributed by atoms with E-state index in [9.17, 15) is 9.90 Å². The number of carbonyl (C=O) groups excluding carboxylic acids is 1. The van der Waals surface area contributed by atoms with Gasteiger partial charge in [-0.25, -0.2) is 0 Å². The minimum atomic E-state index is -0.582. The molecular formula is C11H13BrClNO2. The molecule has 2 N–H and O–H groups in total. The van der Waals surface area contributed by atoms with E-state index in [1.54, 1.807) is 18.2 Å². The van der Waals surface area contributed by atoms with E-state index < -0.39 is 6.10 Å². The zero-order chi connectivity index (χ0) is 12.1. The van der Waals surface area contributed by atoms with Crippen LogP contribution in [0.3, 0.4) is 0 Å². The minimum Gasteiger partial charge on any atom is -0.390 e. The molecule has 0 amide bonds. The Bertz CT molecular complexity index is 384. The molecule has 1 aromatic rings. The molecule has 0 aliphatic heterocycles. The van der Waals surface area contributed by atoms with Crippen molar-refractivity contribution in [2.24, 2.45) is 0 Å². The maximum atomic E-state index is 11.1. The second-order valence-corrected chi connectivity index (χ2v) is 4.60. The van der Waals surface area contributed by atoms with E-state index in [2.05, 4.69) is 21.2 Å². The van der Waals surface area contributed by atoms with Crippen LogP contribution in [0.15, 0.2) is 22.7 Å². The van der Waals surface area contributed by atoms with Gasteiger partial charge in [0, 0.05) is 22.3 Å². The Hall–Kier alpha value is -0.580. The monoisotopic (exact) mass is 305 g/mol. The summed E-state index contributed by atoms with van der Waals surface area (Å²) in [5.41, 5.74) is 1.48. The zero-order valence-electron chi connectivity index (χ0n) is 8.84. The van der Waals surface area contributed by atoms with Gasteiger partial charge in [-0.15, -0.1) is 11.6 Å². The number of hydrogen-bond donors (Lipinski definition) is 2. The molecule has 0 heterocycles. The van der Waals surface area contributed by atoms with Crippen molar-refractivity contribution < 1.29 is 9.90 Å². The lowest BCUT2D eigenvalue weighted by atomic mass is 10.1. The van der Waals surface area contributed by atoms with Crippen LogP contribution >= 0.6 is 27.5 Å². The molecule has 1 unspecified atom stereocenters. The standard InChI is InChI=1S/C11H13BrClNO2/c1-7(15)8-2-3-11(10(12)4-8)14-6-9(16)5-13/h2-4,9,14,16H,5-6H2,1H3. The number of ketones is 1. The number of anilines is 1. The third-order valence-corrected chi connectivity index (χ3v) is 3.09. The van der Waals surface area contributed by atoms with Crippen LogP contribution < -0.4 is 5.32 Å². The van der Waals surface area contributed by atoms with Gasteiger partial charge in [0.1, 0.15) is 0 Å². The summed E-state index contributed by atoms with van der Waals surface area (Å²) < 4.78 is 0.793. The van der Waals surface area contributed by atoms with E-state index in [1.165, 1.54) is 6.92 Å². The van der Waals surface area contributed by atoms with Gasteiger partial charge in [-0.2, -0.15) is 0 Å². The highest BCUT2D eigenvalue weighted by Gasteiger charge is 2.06. The van der Waals surface area contributed by atoms with Crippen molar-refractivity contribution in [3.05, 3.63) is 28.2 Å². The molecule has 0 saturated heterocycles. The number of halogens is 2. The Kier molecular flexibility index (Phi) is 5.25. The fourth-order valence-corrected chi connectivity index (χ4v) is 1.79. The zero-order valence-corrected chi connectivity index (χ0v) is 11.2. The Morgan fingerprint density at radius 1 is 1.62 bits per heavy atom. The van der Waals surface area contributed by atoms with Gasteiger partial charge in [0.05, 0.1) is 12.0 Å². The first kappa shape index (κ1) is 13.5. The van der Waals surface area contributed by atoms with Gasteiger partial charge in [-0.3, -0.25) is 4.79 Å². The second kappa shape index (κ2) is 6.23. The molecule has 0 spiro atoms. The van der Waals surface area contributed by atoms with E-state index >= 15 is 0 Å². The molecule has 0 saturated carbocycles. The number of nitrogens with one attached hydrogen (secondary N) is 1. The van der Waals surface area contributed by atoms with E-state index in [4.69, 9.17) is 11.6 Å². The van der Waals surface area contributed by atoms with Gasteiger partial charge in [-0.1, -0.05) is 0 Å². The number of Topliss-reactive ketones (excluding diaryl/α,β-unsaturated/α-hetero) is 1. The van der Waals surface area contributed by atoms with Crippen molar-refractivity contribution in [2.75, 3.05) is 17.7 Å². The number of aliphatic hydroxyl groups is 1. The summed E-state index contributed by atoms with van der Waals surface area (Å²) in [6, 6.07) is 5.28. The molecule has 88 valence electrons. The summed E-state index contributed by atoms with van der Waals surface area (Å²) in [5, 5.41) is 12.3. The Labute approximate surface area is 108 Å². The average molecular weight is 307 g/mol. The first-order chi connectivity index (χ1) is 7.54. The van der Waals surface area contributed by atoms with Crippen LogP contribution in [0.5, 0.6) is 0 Å². The largest absolute Gasteiger partial charge is 0.390 e. The van der Waals surface area contributed by atoms with Crippen LogP contribution in [0, 0.1) is 0 Å². The first-order valence-corrected chi connectivity index (χ1v) is 6.15. The fourth-order valence-electron chi connectivity index (χ4n) is 1.16. The molecule has 0 bridgehead atoms. The first-order valence-electron chi connectivity index (χ1n) is 4.83. The average Bonchev–Trinajstić information content (AvgIpc) is 2.26. The number of alkyl halides is 1. The van der Waals surface area contributed by atoms with Crippen molar-refractivity contribution in [3.8, 4) is 0 Å². The van der Waals surface area contributed by atoms with Crippen LogP contribution in [0.1, 0.15) is 17.3 Å². The SMILES string of the molecule is CC(=O)c1ccc(NCC(O)CCl)c(Br)c1. The minimum absolute atomic E-state index is 0.0213. The summed E-state index contributed by atoms with van der Waals surface area (Å²) in [6.45, 7) is 1.90. The molecule has 5 heteroatoms. The highest BCUT2D eigenvalue weighted by molar-refractivity contribution is 9.10. The topological polar surface area (TPSA) is 49.3 Å². The van der Waals surface area contributed by atoms with Crippen molar-refractivity contribution in [3.63, 3.8) is 0 Å². The Morgan fingerprint density at radius 2 is 2.31 bits per heavy atom. The molecule has 1 aromatic carbocycles. The maximum absolute atomic E-state index is 11.1. The van der Waals surface area contributed by atoms with Crippen LogP contribution in [0.25, 0.3) is 0 Å². The lowest BCUT2D eigenvalue weighted by Crippen LogP contribution is -2.20. The summed E-state index contributed by atoms with van der Waals surface area (Å²) in [7, 11) is 0. The van der Waals surface area contributed by atoms with Crippen molar-refractivity contribution in [2.45, 2.75) is 13.0 Å². The molecule has 0 aliphatic carbocycles. The van der Waals surface area contributed by atoms with E-state index in [-0.39, 0.29) is 11.7 Å². The molecule has 0 fully saturated rings. The Balaban J connectivity index is 2.72. The van der Waals surface area contributed by atoms with Gasteiger partial charge in [0.15, 0.2) is 5.78 Å². The summed E-state index contributed by atoms with van der Waals surface area (Å²) in [5.74, 6) is 0.212. The van der Waals surface area contributed by atoms with Gasteiger partial charge in [0.25, 0.3) is 0 Å². The van der Waals surface area contributed by atoms with Crippen molar-refractivity contribution >= 4 is 39.0 Å². The lowest BCUT2D eigenvalue weighted by Gasteiger charge is -2.12. The van der Waals surface area contributed by atoms with Gasteiger partial charge in [0.2, 0.25) is 0 Å². The quantitative estimate of drug-likeness (QED) is 0.649. The normalized spacial score (nSPS) is 12.2. The molecule has 0 aromatic heterocycles. The molecule has 1 atom stereocenters. The van der Waals surface area contributed by atoms with Crippen molar-refractivity contribution in [1.82, 2.24) is 0 Å². The Morgan fingerprint density at radius 3 is 2.81 bits per heavy atom. The number of hydrogen-bond acceptors (Lipinski definition) is 3. The smallest absolute Gasteiger partial charge is 0.159 e. The van der Waals surface area contributed by atoms with E-state index in [0.717, 1.165) is 10.2 Å². The van der Waals surface area contributed by atoms with Crippen LogP contribution in [-0.4, -0.2) is 29.4 Å². The maximum Gasteiger partial charge on any atom is 0.159 e. The van der Waals surface area contributed by atoms with Crippen molar-refractivity contribution in [1.29, 1.82) is 0 Å². The molecule has 0 aliphatic rings. The van der Waals surface area contributed by atoms with Crippen LogP contribution in [0.2, 0.25) is 0 Å². The summed E-state index contributed by atoms with van der Waals surface area (Å²) >= 11 is 8.84. The van der Waals surface area contributed by atoms with Crippen LogP contribution in [0.4, 0.5) is 5.69 Å².